The van der Waals surface area contributed by atoms with Crippen LogP contribution in [0.4, 0.5) is 0 Å². The Morgan fingerprint density at radius 1 is 1.10 bits per heavy atom. The van der Waals surface area contributed by atoms with Gasteiger partial charge in [-0.05, 0) is 32.1 Å². The standard InChI is InChI=1S/C16H30N2O2S/c1-21(19,20)15-7-5-6-14(12-15)18-11-10-17-13-16(18)8-3-2-4-9-16/h14-15,17H,2-13H2,1H3. The largest absolute Gasteiger partial charge is 0.314 e. The Morgan fingerprint density at radius 3 is 2.57 bits per heavy atom. The first-order chi connectivity index (χ1) is 10.0. The summed E-state index contributed by atoms with van der Waals surface area (Å²) in [6, 6.07) is 0.485. The van der Waals surface area contributed by atoms with Gasteiger partial charge in [0.05, 0.1) is 5.25 Å². The van der Waals surface area contributed by atoms with Crippen molar-refractivity contribution >= 4 is 9.84 Å². The second-order valence-corrected chi connectivity index (χ2v) is 9.75. The van der Waals surface area contributed by atoms with Crippen LogP contribution in [0.3, 0.4) is 0 Å². The molecule has 1 heterocycles. The summed E-state index contributed by atoms with van der Waals surface area (Å²) in [6.45, 7) is 3.26. The zero-order chi connectivity index (χ0) is 14.9. The van der Waals surface area contributed by atoms with E-state index in [0.717, 1.165) is 38.9 Å². The van der Waals surface area contributed by atoms with Gasteiger partial charge < -0.3 is 5.32 Å². The van der Waals surface area contributed by atoms with E-state index < -0.39 is 9.84 Å². The van der Waals surface area contributed by atoms with Gasteiger partial charge in [-0.25, -0.2) is 8.42 Å². The first-order valence-electron chi connectivity index (χ1n) is 8.68. The lowest BCUT2D eigenvalue weighted by Gasteiger charge is -2.54. The molecule has 3 fully saturated rings. The predicted octanol–water partition coefficient (Wildman–Crippen LogP) is 1.95. The number of hydrogen-bond donors (Lipinski definition) is 1. The summed E-state index contributed by atoms with van der Waals surface area (Å²) in [5, 5.41) is 3.49. The van der Waals surface area contributed by atoms with Crippen LogP contribution in [0.5, 0.6) is 0 Å². The Bertz CT molecular complexity index is 449. The molecule has 1 aliphatic heterocycles. The highest BCUT2D eigenvalue weighted by Gasteiger charge is 2.44. The highest BCUT2D eigenvalue weighted by molar-refractivity contribution is 7.91. The van der Waals surface area contributed by atoms with Crippen LogP contribution < -0.4 is 5.32 Å². The Morgan fingerprint density at radius 2 is 1.86 bits per heavy atom. The highest BCUT2D eigenvalue weighted by atomic mass is 32.2. The topological polar surface area (TPSA) is 49.4 Å². The number of rotatable bonds is 2. The van der Waals surface area contributed by atoms with Gasteiger partial charge in [0.1, 0.15) is 9.84 Å². The maximum absolute atomic E-state index is 12.0. The van der Waals surface area contributed by atoms with E-state index in [-0.39, 0.29) is 5.25 Å². The van der Waals surface area contributed by atoms with Crippen molar-refractivity contribution in [3.8, 4) is 0 Å². The number of sulfone groups is 1. The fourth-order valence-corrected chi connectivity index (χ4v) is 6.06. The fraction of sp³-hybridized carbons (Fsp3) is 1.00. The smallest absolute Gasteiger partial charge is 0.150 e. The lowest BCUT2D eigenvalue weighted by Crippen LogP contribution is -2.65. The molecule has 0 bridgehead atoms. The van der Waals surface area contributed by atoms with E-state index in [4.69, 9.17) is 0 Å². The minimum Gasteiger partial charge on any atom is -0.314 e. The van der Waals surface area contributed by atoms with Crippen molar-refractivity contribution in [2.75, 3.05) is 25.9 Å². The zero-order valence-electron chi connectivity index (χ0n) is 13.3. The normalized spacial score (nSPS) is 34.9. The van der Waals surface area contributed by atoms with Gasteiger partial charge in [0, 0.05) is 37.5 Å². The Balaban J connectivity index is 1.76. The molecule has 2 saturated carbocycles. The lowest BCUT2D eigenvalue weighted by atomic mass is 9.77. The van der Waals surface area contributed by atoms with E-state index in [9.17, 15) is 8.42 Å². The van der Waals surface area contributed by atoms with Crippen LogP contribution in [0.15, 0.2) is 0 Å². The molecular weight excluding hydrogens is 284 g/mol. The second kappa shape index (κ2) is 6.17. The van der Waals surface area contributed by atoms with Gasteiger partial charge in [0.2, 0.25) is 0 Å². The highest BCUT2D eigenvalue weighted by Crippen LogP contribution is 2.39. The molecule has 21 heavy (non-hydrogen) atoms. The van der Waals surface area contributed by atoms with Crippen molar-refractivity contribution in [1.82, 2.24) is 10.2 Å². The molecule has 2 unspecified atom stereocenters. The molecule has 0 radical (unpaired) electrons. The number of nitrogens with zero attached hydrogens (tertiary/aromatic N) is 1. The minimum absolute atomic E-state index is 0.105. The van der Waals surface area contributed by atoms with E-state index in [2.05, 4.69) is 10.2 Å². The quantitative estimate of drug-likeness (QED) is 0.846. The Kier molecular flexibility index (Phi) is 4.63. The molecule has 0 aromatic rings. The van der Waals surface area contributed by atoms with Crippen LogP contribution in [-0.2, 0) is 9.84 Å². The van der Waals surface area contributed by atoms with Crippen LogP contribution in [0, 0.1) is 0 Å². The predicted molar refractivity (Wildman–Crippen MR) is 86.3 cm³/mol. The van der Waals surface area contributed by atoms with Gasteiger partial charge in [-0.15, -0.1) is 0 Å². The van der Waals surface area contributed by atoms with Crippen molar-refractivity contribution in [3.05, 3.63) is 0 Å². The van der Waals surface area contributed by atoms with Crippen LogP contribution in [-0.4, -0.2) is 56.0 Å². The van der Waals surface area contributed by atoms with E-state index in [0.29, 0.717) is 11.6 Å². The third kappa shape index (κ3) is 3.30. The van der Waals surface area contributed by atoms with Gasteiger partial charge in [-0.1, -0.05) is 25.7 Å². The maximum atomic E-state index is 12.0. The summed E-state index contributed by atoms with van der Waals surface area (Å²) in [5.74, 6) is 0. The summed E-state index contributed by atoms with van der Waals surface area (Å²) in [6.07, 6.45) is 12.0. The Hall–Kier alpha value is -0.130. The number of piperazine rings is 1. The Labute approximate surface area is 129 Å². The minimum atomic E-state index is -2.88. The molecule has 1 N–H and O–H groups in total. The third-order valence-electron chi connectivity index (χ3n) is 6.02. The van der Waals surface area contributed by atoms with Gasteiger partial charge in [-0.3, -0.25) is 4.90 Å². The van der Waals surface area contributed by atoms with Gasteiger partial charge >= 0.3 is 0 Å². The van der Waals surface area contributed by atoms with Crippen LogP contribution in [0.1, 0.15) is 57.8 Å². The number of nitrogens with one attached hydrogen (secondary N) is 1. The van der Waals surface area contributed by atoms with Crippen molar-refractivity contribution in [2.45, 2.75) is 74.6 Å². The fourth-order valence-electron chi connectivity index (χ4n) is 4.90. The first-order valence-corrected chi connectivity index (χ1v) is 10.6. The molecule has 4 nitrogen and oxygen atoms in total. The summed E-state index contributed by atoms with van der Waals surface area (Å²) >= 11 is 0. The maximum Gasteiger partial charge on any atom is 0.150 e. The van der Waals surface area contributed by atoms with Crippen molar-refractivity contribution in [2.24, 2.45) is 0 Å². The van der Waals surface area contributed by atoms with E-state index in [1.807, 2.05) is 0 Å². The molecule has 0 aromatic heterocycles. The molecule has 2 aliphatic carbocycles. The molecule has 5 heteroatoms. The number of hydrogen-bond acceptors (Lipinski definition) is 4. The van der Waals surface area contributed by atoms with Gasteiger partial charge in [-0.2, -0.15) is 0 Å². The van der Waals surface area contributed by atoms with Crippen LogP contribution in [0.2, 0.25) is 0 Å². The SMILES string of the molecule is CS(=O)(=O)C1CCCC(N2CCNCC23CCCCC3)C1. The molecule has 1 spiro atoms. The molecule has 3 rings (SSSR count). The van der Waals surface area contributed by atoms with Crippen molar-refractivity contribution < 1.29 is 8.42 Å². The van der Waals surface area contributed by atoms with Gasteiger partial charge in [0.25, 0.3) is 0 Å². The third-order valence-corrected chi connectivity index (χ3v) is 7.66. The molecule has 0 aromatic carbocycles. The average molecular weight is 314 g/mol. The monoisotopic (exact) mass is 314 g/mol. The van der Waals surface area contributed by atoms with Crippen molar-refractivity contribution in [1.29, 1.82) is 0 Å². The van der Waals surface area contributed by atoms with Crippen molar-refractivity contribution in [3.63, 3.8) is 0 Å². The summed E-state index contributed by atoms with van der Waals surface area (Å²) in [7, 11) is -2.88. The van der Waals surface area contributed by atoms with E-state index >= 15 is 0 Å². The molecule has 1 saturated heterocycles. The van der Waals surface area contributed by atoms with Gasteiger partial charge in [0.15, 0.2) is 0 Å². The average Bonchev–Trinajstić information content (AvgIpc) is 2.48. The summed E-state index contributed by atoms with van der Waals surface area (Å²) in [5.41, 5.74) is 0.320. The van der Waals surface area contributed by atoms with E-state index in [1.165, 1.54) is 44.8 Å². The summed E-state index contributed by atoms with van der Waals surface area (Å²) < 4.78 is 23.9. The molecule has 3 aliphatic rings. The van der Waals surface area contributed by atoms with Crippen LogP contribution >= 0.6 is 0 Å². The molecule has 0 amide bonds. The zero-order valence-corrected chi connectivity index (χ0v) is 14.1. The summed E-state index contributed by atoms with van der Waals surface area (Å²) in [4.78, 5) is 2.72. The second-order valence-electron chi connectivity index (χ2n) is 7.43. The molecular formula is C16H30N2O2S. The van der Waals surface area contributed by atoms with Crippen LogP contribution in [0.25, 0.3) is 0 Å². The molecule has 2 atom stereocenters. The lowest BCUT2D eigenvalue weighted by molar-refractivity contribution is -0.0180. The molecule has 122 valence electrons. The van der Waals surface area contributed by atoms with E-state index in [1.54, 1.807) is 0 Å². The first kappa shape index (κ1) is 15.8.